The average Bonchev–Trinajstić information content (AvgIpc) is 2.67. The number of carbonyl (C=O) groups excluding carboxylic acids is 3. The average molecular weight is 434 g/mol. The van der Waals surface area contributed by atoms with Gasteiger partial charge in [-0.3, -0.25) is 4.79 Å². The molecule has 0 aliphatic carbocycles. The molecule has 0 saturated carbocycles. The van der Waals surface area contributed by atoms with Crippen molar-refractivity contribution >= 4 is 46.8 Å². The van der Waals surface area contributed by atoms with Crippen LogP contribution in [0.4, 0.5) is 10.5 Å². The Kier molecular flexibility index (Phi) is 6.10. The summed E-state index contributed by atoms with van der Waals surface area (Å²) in [4.78, 5) is 37.1. The minimum absolute atomic E-state index is 0.204. The summed E-state index contributed by atoms with van der Waals surface area (Å²) in [7, 11) is 1.26. The quantitative estimate of drug-likeness (QED) is 0.633. The fourth-order valence-electron chi connectivity index (χ4n) is 3.03. The Morgan fingerprint density at radius 2 is 1.86 bits per heavy atom. The fraction of sp³-hybridized carbons (Fsp3) is 0.150. The highest BCUT2D eigenvalue weighted by Crippen LogP contribution is 2.33. The summed E-state index contributed by atoms with van der Waals surface area (Å²) in [5, 5.41) is 8.73. The van der Waals surface area contributed by atoms with Crippen LogP contribution in [0.25, 0.3) is 0 Å². The molecule has 7 nitrogen and oxygen atoms in total. The summed E-state index contributed by atoms with van der Waals surface area (Å²) in [6, 6.07) is 9.98. The van der Waals surface area contributed by atoms with Gasteiger partial charge in [-0.15, -0.1) is 0 Å². The number of anilines is 1. The van der Waals surface area contributed by atoms with E-state index in [1.165, 1.54) is 19.2 Å². The van der Waals surface area contributed by atoms with Gasteiger partial charge in [-0.2, -0.15) is 0 Å². The van der Waals surface area contributed by atoms with Crippen molar-refractivity contribution < 1.29 is 19.1 Å². The molecule has 3 rings (SSSR count). The van der Waals surface area contributed by atoms with E-state index in [2.05, 4.69) is 16.0 Å². The number of halogens is 2. The Balaban J connectivity index is 2.00. The molecule has 1 heterocycles. The van der Waals surface area contributed by atoms with Gasteiger partial charge in [-0.1, -0.05) is 41.4 Å². The topological polar surface area (TPSA) is 96.5 Å². The van der Waals surface area contributed by atoms with E-state index in [4.69, 9.17) is 27.9 Å². The van der Waals surface area contributed by atoms with E-state index >= 15 is 0 Å². The molecule has 0 fully saturated rings. The summed E-state index contributed by atoms with van der Waals surface area (Å²) in [5.74, 6) is -1.10. The monoisotopic (exact) mass is 433 g/mol. The summed E-state index contributed by atoms with van der Waals surface area (Å²) in [6.07, 6.45) is 0. The van der Waals surface area contributed by atoms with Gasteiger partial charge in [0, 0.05) is 15.7 Å². The number of rotatable bonds is 4. The van der Waals surface area contributed by atoms with Gasteiger partial charge in [0.15, 0.2) is 0 Å². The number of amides is 3. The number of nitrogens with one attached hydrogen (secondary N) is 3. The van der Waals surface area contributed by atoms with Gasteiger partial charge in [0.05, 0.1) is 30.0 Å². The molecule has 3 N–H and O–H groups in total. The third kappa shape index (κ3) is 4.36. The molecule has 0 bridgehead atoms. The van der Waals surface area contributed by atoms with Gasteiger partial charge in [0.25, 0.3) is 5.91 Å². The lowest BCUT2D eigenvalue weighted by atomic mass is 9.94. The van der Waals surface area contributed by atoms with E-state index in [-0.39, 0.29) is 16.8 Å². The van der Waals surface area contributed by atoms with E-state index in [1.54, 1.807) is 37.3 Å². The highest BCUT2D eigenvalue weighted by Gasteiger charge is 2.33. The number of para-hydroxylation sites is 1. The Bertz CT molecular complexity index is 1040. The smallest absolute Gasteiger partial charge is 0.339 e. The van der Waals surface area contributed by atoms with E-state index in [0.717, 1.165) is 0 Å². The zero-order chi connectivity index (χ0) is 21.1. The summed E-state index contributed by atoms with van der Waals surface area (Å²) in [5.41, 5.74) is 1.60. The van der Waals surface area contributed by atoms with Crippen LogP contribution in [0, 0.1) is 0 Å². The van der Waals surface area contributed by atoms with E-state index in [1.807, 2.05) is 0 Å². The van der Waals surface area contributed by atoms with Crippen molar-refractivity contribution in [2.24, 2.45) is 0 Å². The predicted octanol–water partition coefficient (Wildman–Crippen LogP) is 4.05. The molecule has 9 heteroatoms. The van der Waals surface area contributed by atoms with Crippen LogP contribution in [0.5, 0.6) is 0 Å². The number of hydrogen-bond acceptors (Lipinski definition) is 4. The number of allylic oxidation sites excluding steroid dienone is 1. The largest absolute Gasteiger partial charge is 0.465 e. The molecule has 2 aromatic carbocycles. The molecule has 0 aromatic heterocycles. The summed E-state index contributed by atoms with van der Waals surface area (Å²) >= 11 is 12.3. The maximum Gasteiger partial charge on any atom is 0.339 e. The number of urea groups is 1. The van der Waals surface area contributed by atoms with Gasteiger partial charge < -0.3 is 20.7 Å². The second-order valence-corrected chi connectivity index (χ2v) is 7.07. The number of hydrogen-bond donors (Lipinski definition) is 3. The predicted molar refractivity (Wildman–Crippen MR) is 110 cm³/mol. The molecule has 2 aromatic rings. The third-order valence-corrected chi connectivity index (χ3v) is 4.93. The van der Waals surface area contributed by atoms with Crippen LogP contribution in [-0.2, 0) is 9.53 Å². The van der Waals surface area contributed by atoms with Gasteiger partial charge >= 0.3 is 12.0 Å². The second kappa shape index (κ2) is 8.55. The van der Waals surface area contributed by atoms with Crippen LogP contribution in [0.3, 0.4) is 0 Å². The SMILES string of the molecule is COC(=O)c1ccccc1NC(=O)C1=C(C)NC(=O)N[C@H]1c1ccc(Cl)cc1Cl. The Hall–Kier alpha value is -3.03. The highest BCUT2D eigenvalue weighted by atomic mass is 35.5. The maximum atomic E-state index is 13.1. The van der Waals surface area contributed by atoms with Crippen molar-refractivity contribution in [2.75, 3.05) is 12.4 Å². The highest BCUT2D eigenvalue weighted by molar-refractivity contribution is 6.35. The van der Waals surface area contributed by atoms with Crippen LogP contribution in [0.2, 0.25) is 10.0 Å². The van der Waals surface area contributed by atoms with E-state index in [0.29, 0.717) is 21.3 Å². The van der Waals surface area contributed by atoms with Crippen molar-refractivity contribution in [2.45, 2.75) is 13.0 Å². The van der Waals surface area contributed by atoms with Crippen LogP contribution in [0.15, 0.2) is 53.7 Å². The van der Waals surface area contributed by atoms with Crippen LogP contribution >= 0.6 is 23.2 Å². The summed E-state index contributed by atoms with van der Waals surface area (Å²) in [6.45, 7) is 1.61. The fourth-order valence-corrected chi connectivity index (χ4v) is 3.55. The summed E-state index contributed by atoms with van der Waals surface area (Å²) < 4.78 is 4.76. The first-order valence-corrected chi connectivity index (χ1v) is 9.29. The molecule has 29 heavy (non-hydrogen) atoms. The minimum atomic E-state index is -0.807. The van der Waals surface area contributed by atoms with Crippen LogP contribution in [-0.4, -0.2) is 25.0 Å². The lowest BCUT2D eigenvalue weighted by Gasteiger charge is -2.29. The van der Waals surface area contributed by atoms with Crippen molar-refractivity contribution in [3.63, 3.8) is 0 Å². The Morgan fingerprint density at radius 3 is 2.55 bits per heavy atom. The van der Waals surface area contributed by atoms with Gasteiger partial charge in [-0.05, 0) is 36.8 Å². The molecule has 150 valence electrons. The number of esters is 1. The van der Waals surface area contributed by atoms with E-state index < -0.39 is 23.9 Å². The maximum absolute atomic E-state index is 13.1. The van der Waals surface area contributed by atoms with Crippen molar-refractivity contribution in [1.82, 2.24) is 10.6 Å². The second-order valence-electron chi connectivity index (χ2n) is 6.23. The molecule has 1 atom stereocenters. The van der Waals surface area contributed by atoms with Crippen molar-refractivity contribution in [3.8, 4) is 0 Å². The van der Waals surface area contributed by atoms with Crippen LogP contribution < -0.4 is 16.0 Å². The molecular formula is C20H17Cl2N3O4. The Morgan fingerprint density at radius 1 is 1.14 bits per heavy atom. The Labute approximate surface area is 177 Å². The lowest BCUT2D eigenvalue weighted by molar-refractivity contribution is -0.113. The number of methoxy groups -OCH3 is 1. The molecule has 0 radical (unpaired) electrons. The molecule has 0 saturated heterocycles. The zero-order valence-electron chi connectivity index (χ0n) is 15.5. The first-order valence-electron chi connectivity index (χ1n) is 8.53. The standard InChI is InChI=1S/C20H17Cl2N3O4/c1-10-16(18(26)24-15-6-4-3-5-13(15)19(27)29-2)17(25-20(28)23-10)12-8-7-11(21)9-14(12)22/h3-9,17H,1-2H3,(H,24,26)(H2,23,25,28)/t17-/m0/s1. The molecule has 0 spiro atoms. The minimum Gasteiger partial charge on any atom is -0.465 e. The molecule has 1 aliphatic rings. The third-order valence-electron chi connectivity index (χ3n) is 4.37. The molecule has 0 unspecified atom stereocenters. The first-order chi connectivity index (χ1) is 13.8. The normalized spacial score (nSPS) is 16.0. The zero-order valence-corrected chi connectivity index (χ0v) is 17.0. The van der Waals surface area contributed by atoms with Crippen molar-refractivity contribution in [1.29, 1.82) is 0 Å². The molecule has 3 amide bonds. The van der Waals surface area contributed by atoms with E-state index in [9.17, 15) is 14.4 Å². The number of ether oxygens (including phenoxy) is 1. The van der Waals surface area contributed by atoms with Crippen molar-refractivity contribution in [3.05, 3.63) is 74.9 Å². The van der Waals surface area contributed by atoms with Gasteiger partial charge in [0.1, 0.15) is 0 Å². The number of benzene rings is 2. The molecule has 1 aliphatic heterocycles. The van der Waals surface area contributed by atoms with Crippen LogP contribution in [0.1, 0.15) is 28.9 Å². The van der Waals surface area contributed by atoms with Gasteiger partial charge in [-0.25, -0.2) is 9.59 Å². The molecular weight excluding hydrogens is 417 g/mol. The number of carbonyl (C=O) groups is 3. The lowest BCUT2D eigenvalue weighted by Crippen LogP contribution is -2.46. The van der Waals surface area contributed by atoms with Gasteiger partial charge in [0.2, 0.25) is 0 Å². The first kappa shape index (κ1) is 20.7.